The van der Waals surface area contributed by atoms with E-state index in [1.807, 2.05) is 80.4 Å². The van der Waals surface area contributed by atoms with Crippen LogP contribution in [0.1, 0.15) is 148 Å². The number of halogens is 3. The number of aromatic nitrogens is 13. The van der Waals surface area contributed by atoms with Crippen LogP contribution in [0.5, 0.6) is 0 Å². The smallest absolute Gasteiger partial charge is 0.328 e. The molecule has 0 aliphatic carbocycles. The van der Waals surface area contributed by atoms with E-state index in [9.17, 15) is 41.9 Å². The maximum atomic E-state index is 14.9. The van der Waals surface area contributed by atoms with Gasteiger partial charge < -0.3 is 39.2 Å². The maximum absolute atomic E-state index is 14.9. The molecule has 12 aromatic rings. The number of carbonyl (C=O) groups excluding carboxylic acids is 3. The van der Waals surface area contributed by atoms with Gasteiger partial charge in [-0.1, -0.05) is 39.0 Å². The van der Waals surface area contributed by atoms with Crippen LogP contribution in [0.2, 0.25) is 0 Å². The Labute approximate surface area is 604 Å². The predicted molar refractivity (Wildman–Crippen MR) is 387 cm³/mol. The molecule has 3 aliphatic rings. The Morgan fingerprint density at radius 3 is 1.24 bits per heavy atom. The monoisotopic (exact) mass is 1430 g/mol. The first kappa shape index (κ1) is 71.5. The summed E-state index contributed by atoms with van der Waals surface area (Å²) in [5, 5.41) is 44.2. The Morgan fingerprint density at radius 1 is 0.453 bits per heavy atom. The largest absolute Gasteiger partial charge is 0.478 e. The molecule has 540 valence electrons. The first-order valence-electron chi connectivity index (χ1n) is 34.5. The summed E-state index contributed by atoms with van der Waals surface area (Å²) in [6, 6.07) is 33.3. The van der Waals surface area contributed by atoms with Gasteiger partial charge in [-0.05, 0) is 167 Å². The molecule has 3 atom stereocenters. The molecule has 25 nitrogen and oxygen atoms in total. The number of fused-ring (bicyclic) bond motifs is 6. The van der Waals surface area contributed by atoms with Crippen LogP contribution in [0, 0.1) is 24.4 Å². The van der Waals surface area contributed by atoms with Crippen molar-refractivity contribution < 1.29 is 57.3 Å². The minimum atomic E-state index is -1.11. The lowest BCUT2D eigenvalue weighted by molar-refractivity contribution is -0.132. The van der Waals surface area contributed by atoms with Crippen LogP contribution in [-0.2, 0) is 53.3 Å². The second kappa shape index (κ2) is 29.8. The van der Waals surface area contributed by atoms with Crippen molar-refractivity contribution in [3.05, 3.63) is 243 Å². The van der Waals surface area contributed by atoms with Crippen LogP contribution >= 0.6 is 0 Å². The van der Waals surface area contributed by atoms with Crippen LogP contribution in [0.4, 0.5) is 13.2 Å². The molecule has 12 heterocycles. The number of carboxylic acid groups (broad SMARTS) is 3. The van der Waals surface area contributed by atoms with Gasteiger partial charge in [0.05, 0.1) is 47.4 Å². The van der Waals surface area contributed by atoms with Crippen LogP contribution in [-0.4, -0.2) is 148 Å². The van der Waals surface area contributed by atoms with E-state index in [0.29, 0.717) is 113 Å². The number of hydrogen-bond donors (Lipinski definition) is 3. The second-order valence-corrected chi connectivity index (χ2v) is 25.8. The molecule has 3 N–H and O–H groups in total. The first-order valence-corrected chi connectivity index (χ1v) is 34.5. The Kier molecular flexibility index (Phi) is 20.1. The first-order chi connectivity index (χ1) is 51.0. The highest BCUT2D eigenvalue weighted by Crippen LogP contribution is 2.34. The lowest BCUT2D eigenvalue weighted by Gasteiger charge is -2.35. The zero-order valence-corrected chi connectivity index (χ0v) is 58.8. The van der Waals surface area contributed by atoms with Crippen molar-refractivity contribution in [1.82, 2.24) is 77.4 Å². The molecule has 3 unspecified atom stereocenters. The summed E-state index contributed by atoms with van der Waals surface area (Å²) in [6.45, 7) is 17.8. The fourth-order valence-corrected chi connectivity index (χ4v) is 13.7. The zero-order chi connectivity index (χ0) is 74.9. The second-order valence-electron chi connectivity index (χ2n) is 25.8. The number of carboxylic acids is 3. The third-order valence-electron chi connectivity index (χ3n) is 19.3. The van der Waals surface area contributed by atoms with Gasteiger partial charge in [-0.25, -0.2) is 56.1 Å². The summed E-state index contributed by atoms with van der Waals surface area (Å²) < 4.78 is 55.8. The van der Waals surface area contributed by atoms with Gasteiger partial charge in [-0.15, -0.1) is 0 Å². The van der Waals surface area contributed by atoms with E-state index in [1.165, 1.54) is 42.1 Å². The van der Waals surface area contributed by atoms with Gasteiger partial charge in [0, 0.05) is 132 Å². The Balaban J connectivity index is 0.000000141. The van der Waals surface area contributed by atoms with Crippen molar-refractivity contribution in [2.45, 2.75) is 105 Å². The SMILES string of the molecule is CCc1cc(C(=O)N2CCn3c(C)ccc3C2C)nc2cc(-c3ccc(/C=C/C(=O)O)cc3F)nn12.CCc1cc(C(=O)N2CCn3cccc3C2C)nc2cc(-c3ccc(/C=C/C(=O)O)cc3F)nn12.CCc1cc(C(=O)N2CCn3nccc3C2C)nc2cc(-c3ccc(/C=C/C(=O)O)cc3F)nn12. The van der Waals surface area contributed by atoms with Crippen molar-refractivity contribution in [3.63, 3.8) is 0 Å². The topological polar surface area (TPSA) is 291 Å². The van der Waals surface area contributed by atoms with Crippen LogP contribution in [0.15, 0.2) is 152 Å². The number of nitrogens with zero attached hydrogens (tertiary/aromatic N) is 16. The maximum Gasteiger partial charge on any atom is 0.328 e. The molecule has 0 fully saturated rings. The summed E-state index contributed by atoms with van der Waals surface area (Å²) in [7, 11) is 0. The van der Waals surface area contributed by atoms with E-state index in [2.05, 4.69) is 63.5 Å². The van der Waals surface area contributed by atoms with Crippen molar-refractivity contribution in [2.24, 2.45) is 0 Å². The van der Waals surface area contributed by atoms with E-state index >= 15 is 0 Å². The van der Waals surface area contributed by atoms with Gasteiger partial charge in [0.25, 0.3) is 17.7 Å². The standard InChI is InChI=1S/C27H26FN5O3.C26H24FN5O3.C25H23FN6O3/c1-4-19-14-23(27(36)32-12-11-31-16(2)5-9-24(31)17(32)3)29-25-15-22(30-33(19)25)20-8-6-18(13-21(20)28)7-10-26(34)35;1-3-18-14-22(26(35)31-12-11-30-10-4-5-23(30)16(31)2)28-24-15-21(29-32(18)24)19-8-6-17(13-20(19)27)7-9-25(33)34;1-3-17-13-21(25(35)30-10-11-31-22(15(30)2)8-9-27-31)28-23-14-20(29-32(17)23)18-6-4-16(12-19(18)26)5-7-24(33)34/h5-10,13-15,17H,4,11-12H2,1-3H3,(H,34,35);4-10,13-16H,3,11-12H2,1-2H3,(H,33,34);4-9,12-15H,3,10-11H2,1-2H3,(H,33,34)/b10-7+;9-7+;7-5+. The normalized spacial score (nSPS) is 15.6. The van der Waals surface area contributed by atoms with Crippen LogP contribution in [0.25, 0.3) is 68.9 Å². The molecular formula is C78H73F3N16O9. The highest BCUT2D eigenvalue weighted by atomic mass is 19.1. The van der Waals surface area contributed by atoms with Gasteiger partial charge in [-0.2, -0.15) is 20.4 Å². The molecular weight excluding hydrogens is 1360 g/mol. The van der Waals surface area contributed by atoms with Crippen molar-refractivity contribution in [1.29, 1.82) is 0 Å². The van der Waals surface area contributed by atoms with Crippen molar-refractivity contribution in [2.75, 3.05) is 19.6 Å². The minimum absolute atomic E-state index is 0.0717. The number of amides is 3. The number of hydrogen-bond acceptors (Lipinski definition) is 13. The molecule has 3 aromatic carbocycles. The number of aryl methyl sites for hydroxylation is 4. The molecule has 28 heteroatoms. The fourth-order valence-electron chi connectivity index (χ4n) is 13.7. The lowest BCUT2D eigenvalue weighted by Crippen LogP contribution is -2.41. The average molecular weight is 1440 g/mol. The van der Waals surface area contributed by atoms with Gasteiger partial charge >= 0.3 is 17.9 Å². The molecule has 106 heavy (non-hydrogen) atoms. The van der Waals surface area contributed by atoms with Crippen LogP contribution < -0.4 is 0 Å². The molecule has 0 spiro atoms. The van der Waals surface area contributed by atoms with E-state index in [1.54, 1.807) is 97.4 Å². The third kappa shape index (κ3) is 14.3. The van der Waals surface area contributed by atoms with E-state index < -0.39 is 35.4 Å². The van der Waals surface area contributed by atoms with Gasteiger partial charge in [0.1, 0.15) is 34.5 Å². The van der Waals surface area contributed by atoms with Crippen molar-refractivity contribution >= 4 is 70.8 Å². The van der Waals surface area contributed by atoms with Gasteiger partial charge in [0.2, 0.25) is 0 Å². The summed E-state index contributed by atoms with van der Waals surface area (Å²) in [4.78, 5) is 91.8. The lowest BCUT2D eigenvalue weighted by atomic mass is 10.1. The van der Waals surface area contributed by atoms with Crippen LogP contribution in [0.3, 0.4) is 0 Å². The number of aliphatic carboxylic acids is 3. The number of benzene rings is 3. The quantitative estimate of drug-likeness (QED) is 0.0804. The van der Waals surface area contributed by atoms with Gasteiger partial charge in [0.15, 0.2) is 16.9 Å². The minimum Gasteiger partial charge on any atom is -0.478 e. The average Bonchev–Trinajstić information content (AvgIpc) is 1.61. The molecule has 3 aliphatic heterocycles. The molecule has 0 bridgehead atoms. The molecule has 3 amide bonds. The molecule has 9 aromatic heterocycles. The predicted octanol–water partition coefficient (Wildman–Crippen LogP) is 12.3. The summed E-state index contributed by atoms with van der Waals surface area (Å²) >= 11 is 0. The summed E-state index contributed by atoms with van der Waals surface area (Å²) in [6.07, 6.45) is 12.4. The highest BCUT2D eigenvalue weighted by molar-refractivity contribution is 5.95. The van der Waals surface area contributed by atoms with Gasteiger partial charge in [-0.3, -0.25) is 19.1 Å². The number of rotatable bonds is 15. The molecule has 0 saturated carbocycles. The zero-order valence-electron chi connectivity index (χ0n) is 58.8. The Bertz CT molecular complexity index is 5360. The third-order valence-corrected chi connectivity index (χ3v) is 19.3. The van der Waals surface area contributed by atoms with E-state index in [4.69, 9.17) is 15.3 Å². The van der Waals surface area contributed by atoms with Crippen molar-refractivity contribution in [3.8, 4) is 33.8 Å². The number of carbonyl (C=O) groups is 6. The highest BCUT2D eigenvalue weighted by Gasteiger charge is 2.34. The van der Waals surface area contributed by atoms with E-state index in [0.717, 1.165) is 65.5 Å². The summed E-state index contributed by atoms with van der Waals surface area (Å²) in [5.41, 5.74) is 12.3. The molecule has 0 saturated heterocycles. The van der Waals surface area contributed by atoms with E-state index in [-0.39, 0.29) is 52.5 Å². The summed E-state index contributed by atoms with van der Waals surface area (Å²) in [5.74, 6) is -5.37. The molecule has 15 rings (SSSR count). The Hall–Kier alpha value is -12.9. The molecule has 0 radical (unpaired) electrons. The fraction of sp³-hybridized carbons (Fsp3) is 0.244. The Morgan fingerprint density at radius 2 is 0.840 bits per heavy atom.